The molecule has 0 N–H and O–H groups in total. The Kier molecular flexibility index (Phi) is 7.78. The Bertz CT molecular complexity index is 3530. The minimum Gasteiger partial charge on any atom is -0.0622 e. The summed E-state index contributed by atoms with van der Waals surface area (Å²) in [7, 11) is 0. The van der Waals surface area contributed by atoms with Gasteiger partial charge in [0.1, 0.15) is 0 Å². The molecule has 0 bridgehead atoms. The first-order valence-corrected chi connectivity index (χ1v) is 20.5. The molecule has 60 heavy (non-hydrogen) atoms. The Labute approximate surface area is 348 Å². The third-order valence-electron chi connectivity index (χ3n) is 12.2. The Hall–Kier alpha value is -8.16. The van der Waals surface area contributed by atoms with Gasteiger partial charge in [-0.15, -0.1) is 0 Å². The zero-order valence-electron chi connectivity index (χ0n) is 32.6. The van der Waals surface area contributed by atoms with Gasteiger partial charge in [-0.25, -0.2) is 0 Å². The maximum Gasteiger partial charge on any atom is 0.0406 e. The van der Waals surface area contributed by atoms with Gasteiger partial charge < -0.3 is 0 Å². The number of hydrogen-bond donors (Lipinski definition) is 0. The zero-order valence-corrected chi connectivity index (χ0v) is 32.6. The smallest absolute Gasteiger partial charge is 0.0406 e. The molecule has 0 heteroatoms. The van der Waals surface area contributed by atoms with Gasteiger partial charge in [0.25, 0.3) is 0 Å². The van der Waals surface area contributed by atoms with Crippen molar-refractivity contribution in [3.05, 3.63) is 229 Å². The van der Waals surface area contributed by atoms with Gasteiger partial charge in [-0.3, -0.25) is 0 Å². The Morgan fingerprint density at radius 3 is 0.917 bits per heavy atom. The van der Waals surface area contributed by atoms with Gasteiger partial charge in [0.15, 0.2) is 0 Å². The monoisotopic (exact) mass is 754 g/mol. The average Bonchev–Trinajstić information content (AvgIpc) is 3.32. The molecule has 0 aliphatic carbocycles. The van der Waals surface area contributed by atoms with Crippen LogP contribution < -0.4 is 0 Å². The third kappa shape index (κ3) is 5.16. The first-order valence-electron chi connectivity index (χ1n) is 20.5. The first-order chi connectivity index (χ1) is 29.8. The lowest BCUT2D eigenvalue weighted by Crippen LogP contribution is -1.98. The van der Waals surface area contributed by atoms with Gasteiger partial charge in [0, 0.05) is 22.3 Å². The molecule has 0 fully saturated rings. The summed E-state index contributed by atoms with van der Waals surface area (Å²) in [5.41, 5.74) is 8.95. The zero-order chi connectivity index (χ0) is 39.6. The molecular weight excluding hydrogens is 721 g/mol. The van der Waals surface area contributed by atoms with E-state index in [2.05, 4.69) is 218 Å². The molecule has 0 saturated heterocycles. The largest absolute Gasteiger partial charge is 0.0622 e. The summed E-state index contributed by atoms with van der Waals surface area (Å²) in [6.45, 7) is 0. The van der Waals surface area contributed by atoms with Gasteiger partial charge in [-0.05, 0) is 122 Å². The van der Waals surface area contributed by atoms with Gasteiger partial charge in [-0.2, -0.15) is 0 Å². The van der Waals surface area contributed by atoms with Crippen molar-refractivity contribution in [3.8, 4) is 45.9 Å². The van der Waals surface area contributed by atoms with Crippen molar-refractivity contribution in [2.45, 2.75) is 0 Å². The maximum absolute atomic E-state index is 3.71. The Balaban J connectivity index is 1.40. The molecule has 0 amide bonds. The fourth-order valence-corrected chi connectivity index (χ4v) is 9.80. The van der Waals surface area contributed by atoms with Gasteiger partial charge in [0.05, 0.1) is 0 Å². The van der Waals surface area contributed by atoms with Crippen molar-refractivity contribution in [3.63, 3.8) is 0 Å². The molecule has 0 heterocycles. The predicted molar refractivity (Wildman–Crippen MR) is 256 cm³/mol. The molecule has 12 aromatic rings. The number of rotatable bonds is 2. The highest BCUT2D eigenvalue weighted by Gasteiger charge is 2.27. The number of hydrogen-bond acceptors (Lipinski definition) is 0. The molecule has 0 nitrogen and oxygen atoms in total. The average molecular weight is 755 g/mol. The summed E-state index contributed by atoms with van der Waals surface area (Å²) < 4.78 is 0. The van der Waals surface area contributed by atoms with Gasteiger partial charge in [0.2, 0.25) is 0 Å². The number of fused-ring (bicyclic) bond motifs is 7. The SMILES string of the molecule is C(#Cc1c2ccccc2c2c3c(-c4ccccc4)c4cccc5c(C#Cc6ccccc6)c6ccccc6c(c3c(-c3ccccc3)c3cccc1c32)c54)c1ccccc1. The third-order valence-corrected chi connectivity index (χ3v) is 12.2. The lowest BCUT2D eigenvalue weighted by molar-refractivity contribution is 1.65. The molecule has 274 valence electrons. The lowest BCUT2D eigenvalue weighted by Gasteiger charge is -2.25. The predicted octanol–water partition coefficient (Wildman–Crippen LogP) is 15.3. The van der Waals surface area contributed by atoms with Crippen molar-refractivity contribution < 1.29 is 0 Å². The van der Waals surface area contributed by atoms with Crippen LogP contribution in [0, 0.1) is 23.7 Å². The normalized spacial score (nSPS) is 11.4. The molecule has 0 aliphatic rings. The topological polar surface area (TPSA) is 0 Å². The van der Waals surface area contributed by atoms with E-state index in [9.17, 15) is 0 Å². The summed E-state index contributed by atoms with van der Waals surface area (Å²) in [5, 5.41) is 17.0. The van der Waals surface area contributed by atoms with Crippen LogP contribution in [-0.4, -0.2) is 0 Å². The van der Waals surface area contributed by atoms with Crippen molar-refractivity contribution in [1.29, 1.82) is 0 Å². The molecule has 0 atom stereocenters. The minimum atomic E-state index is 1.000. The molecular formula is C60H34. The highest BCUT2D eigenvalue weighted by molar-refractivity contribution is 6.46. The minimum absolute atomic E-state index is 1.000. The van der Waals surface area contributed by atoms with Crippen LogP contribution in [0.1, 0.15) is 22.3 Å². The quantitative estimate of drug-likeness (QED) is 0.0937. The van der Waals surface area contributed by atoms with E-state index in [0.29, 0.717) is 0 Å². The maximum atomic E-state index is 3.71. The fourth-order valence-electron chi connectivity index (χ4n) is 9.80. The van der Waals surface area contributed by atoms with Crippen LogP contribution in [0.3, 0.4) is 0 Å². The molecule has 0 aromatic heterocycles. The van der Waals surface area contributed by atoms with E-state index in [1.807, 2.05) is 12.1 Å². The molecule has 0 radical (unpaired) electrons. The summed E-state index contributed by atoms with van der Waals surface area (Å²) in [6, 6.07) is 74.2. The van der Waals surface area contributed by atoms with Crippen molar-refractivity contribution in [1.82, 2.24) is 0 Å². The van der Waals surface area contributed by atoms with E-state index < -0.39 is 0 Å². The van der Waals surface area contributed by atoms with Gasteiger partial charge in [-0.1, -0.05) is 206 Å². The molecule has 0 spiro atoms. The summed E-state index contributed by atoms with van der Waals surface area (Å²) in [5.74, 6) is 14.5. The molecule has 12 aromatic carbocycles. The van der Waals surface area contributed by atoms with E-state index in [0.717, 1.165) is 43.8 Å². The highest BCUT2D eigenvalue weighted by Crippen LogP contribution is 2.54. The van der Waals surface area contributed by atoms with Crippen LogP contribution in [-0.2, 0) is 0 Å². The fraction of sp³-hybridized carbons (Fsp3) is 0. The second-order valence-electron chi connectivity index (χ2n) is 15.5. The second kappa shape index (κ2) is 13.7. The Morgan fingerprint density at radius 1 is 0.200 bits per heavy atom. The van der Waals surface area contributed by atoms with Crippen molar-refractivity contribution >= 4 is 75.4 Å². The van der Waals surface area contributed by atoms with Crippen LogP contribution in [0.2, 0.25) is 0 Å². The van der Waals surface area contributed by atoms with E-state index in [-0.39, 0.29) is 0 Å². The van der Waals surface area contributed by atoms with Crippen molar-refractivity contribution in [2.24, 2.45) is 0 Å². The van der Waals surface area contributed by atoms with E-state index >= 15 is 0 Å². The molecule has 0 aliphatic heterocycles. The first kappa shape index (κ1) is 33.9. The lowest BCUT2D eigenvalue weighted by atomic mass is 9.77. The van der Waals surface area contributed by atoms with Crippen LogP contribution in [0.4, 0.5) is 0 Å². The summed E-state index contributed by atoms with van der Waals surface area (Å²) >= 11 is 0. The molecule has 12 rings (SSSR count). The second-order valence-corrected chi connectivity index (χ2v) is 15.5. The van der Waals surface area contributed by atoms with E-state index in [1.54, 1.807) is 0 Å². The van der Waals surface area contributed by atoms with E-state index in [4.69, 9.17) is 0 Å². The number of benzene rings is 12. The summed E-state index contributed by atoms with van der Waals surface area (Å²) in [6.07, 6.45) is 0. The summed E-state index contributed by atoms with van der Waals surface area (Å²) in [4.78, 5) is 0. The standard InChI is InChI=1S/C60H34/c1-5-19-39(20-6-1)35-37-45-43-27-13-15-29-49(43)57-55-47(45)31-17-33-51(55)53(41-23-9-3-10-24-41)60-58-50-30-16-14-28-44(50)46(38-36-40-21-7-2-8-22-40)48-32-18-34-52(56(48)58)54(59(57)60)42-25-11-4-12-26-42/h1-34H. The molecule has 0 unspecified atom stereocenters. The highest BCUT2D eigenvalue weighted by atomic mass is 14.3. The van der Waals surface area contributed by atoms with Crippen LogP contribution in [0.25, 0.3) is 97.7 Å². The Morgan fingerprint density at radius 2 is 0.517 bits per heavy atom. The van der Waals surface area contributed by atoms with E-state index in [1.165, 1.54) is 76.1 Å². The van der Waals surface area contributed by atoms with Crippen molar-refractivity contribution in [2.75, 3.05) is 0 Å². The van der Waals surface area contributed by atoms with Crippen LogP contribution >= 0.6 is 0 Å². The molecule has 0 saturated carbocycles. The van der Waals surface area contributed by atoms with Gasteiger partial charge >= 0.3 is 0 Å². The van der Waals surface area contributed by atoms with Crippen LogP contribution in [0.15, 0.2) is 206 Å². The van der Waals surface area contributed by atoms with Crippen LogP contribution in [0.5, 0.6) is 0 Å².